The molecule has 4 rings (SSSR count). The third-order valence-corrected chi connectivity index (χ3v) is 8.82. The Balaban J connectivity index is 1.44. The molecule has 2 aliphatic carbocycles. The molecular weight excluding hydrogens is 503 g/mol. The highest BCUT2D eigenvalue weighted by Gasteiger charge is 2.35. The lowest BCUT2D eigenvalue weighted by Gasteiger charge is -2.30. The first kappa shape index (κ1) is 26.9. The van der Waals surface area contributed by atoms with Crippen molar-refractivity contribution in [2.75, 3.05) is 13.6 Å². The Hall–Kier alpha value is -2.12. The van der Waals surface area contributed by atoms with Gasteiger partial charge in [0, 0.05) is 29.7 Å². The van der Waals surface area contributed by atoms with Gasteiger partial charge in [-0.3, -0.25) is 4.57 Å². The number of aromatic nitrogens is 1. The van der Waals surface area contributed by atoms with Gasteiger partial charge in [0.1, 0.15) is 12.4 Å². The molecule has 8 nitrogen and oxygen atoms in total. The fraction of sp³-hybridized carbons (Fsp3) is 0.538. The molecule has 2 N–H and O–H groups in total. The van der Waals surface area contributed by atoms with Gasteiger partial charge >= 0.3 is 13.7 Å². The summed E-state index contributed by atoms with van der Waals surface area (Å²) in [7, 11) is -2.36. The molecule has 1 amide bonds. The average Bonchev–Trinajstić information content (AvgIpc) is 2.80. The van der Waals surface area contributed by atoms with Gasteiger partial charge in [-0.1, -0.05) is 24.1 Å². The van der Waals surface area contributed by atoms with Crippen LogP contribution < -0.4 is 4.74 Å². The molecule has 2 saturated carbocycles. The summed E-state index contributed by atoms with van der Waals surface area (Å²) in [6.07, 6.45) is 5.23. The van der Waals surface area contributed by atoms with Crippen LogP contribution in [-0.4, -0.2) is 51.1 Å². The number of ether oxygens (including phenoxy) is 2. The minimum atomic E-state index is -4.12. The van der Waals surface area contributed by atoms with Gasteiger partial charge < -0.3 is 24.2 Å². The molecule has 2 atom stereocenters. The van der Waals surface area contributed by atoms with E-state index < -0.39 is 13.3 Å². The fourth-order valence-electron chi connectivity index (χ4n) is 4.85. The van der Waals surface area contributed by atoms with Gasteiger partial charge in [-0.25, -0.2) is 9.78 Å². The third-order valence-electron chi connectivity index (χ3n) is 7.17. The molecule has 0 aliphatic heterocycles. The molecule has 0 saturated heterocycles. The maximum atomic E-state index is 12.5. The van der Waals surface area contributed by atoms with Crippen molar-refractivity contribution in [3.8, 4) is 17.0 Å². The third kappa shape index (κ3) is 6.80. The van der Waals surface area contributed by atoms with Gasteiger partial charge in [-0.2, -0.15) is 0 Å². The number of nitrogens with zero attached hydrogens (tertiary/aromatic N) is 2. The molecule has 196 valence electrons. The summed E-state index contributed by atoms with van der Waals surface area (Å²) < 4.78 is 23.4. The molecule has 2 aromatic rings. The minimum absolute atomic E-state index is 0.0779. The zero-order valence-electron chi connectivity index (χ0n) is 20.7. The summed E-state index contributed by atoms with van der Waals surface area (Å²) in [6.45, 7) is 2.63. The van der Waals surface area contributed by atoms with Gasteiger partial charge in [0.05, 0.1) is 23.2 Å². The highest BCUT2D eigenvalue weighted by atomic mass is 35.5. The van der Waals surface area contributed by atoms with E-state index in [1.54, 1.807) is 24.1 Å². The van der Waals surface area contributed by atoms with Crippen molar-refractivity contribution in [1.82, 2.24) is 9.88 Å². The van der Waals surface area contributed by atoms with E-state index in [2.05, 4.69) is 0 Å². The fourth-order valence-corrected chi connectivity index (χ4v) is 6.08. The number of pyridine rings is 1. The van der Waals surface area contributed by atoms with Gasteiger partial charge in [-0.15, -0.1) is 0 Å². The van der Waals surface area contributed by atoms with Gasteiger partial charge in [0.2, 0.25) is 0 Å². The van der Waals surface area contributed by atoms with Gasteiger partial charge in [-0.05, 0) is 75.6 Å². The summed E-state index contributed by atoms with van der Waals surface area (Å²) in [5, 5.41) is 0.543. The van der Waals surface area contributed by atoms with Gasteiger partial charge in [0.25, 0.3) is 0 Å². The standard InChI is InChI=1S/C26H34ClN2O6P/c1-17-25(35-21-7-4-8-22(14-21)36(31,32)33)12-11-24(28-17)23-10-9-20(27)13-19(23)16-34-26(30)29(2)15-18-5-3-6-18/h9-13,18,21-22H,3-8,14-16H2,1-2H3,(H2,31,32,33). The number of hydrogen-bond donors (Lipinski definition) is 2. The number of hydrogen-bond acceptors (Lipinski definition) is 5. The monoisotopic (exact) mass is 536 g/mol. The van der Waals surface area contributed by atoms with Crippen molar-refractivity contribution in [2.24, 2.45) is 5.92 Å². The van der Waals surface area contributed by atoms with E-state index in [1.165, 1.54) is 6.42 Å². The number of aryl methyl sites for hydroxylation is 1. The van der Waals surface area contributed by atoms with Crippen LogP contribution in [0.4, 0.5) is 4.79 Å². The summed E-state index contributed by atoms with van der Waals surface area (Å²) in [5.41, 5.74) is 2.27. The van der Waals surface area contributed by atoms with Crippen molar-refractivity contribution in [3.05, 3.63) is 46.6 Å². The van der Waals surface area contributed by atoms with Crippen molar-refractivity contribution >= 4 is 25.3 Å². The van der Waals surface area contributed by atoms with E-state index in [4.69, 9.17) is 26.1 Å². The van der Waals surface area contributed by atoms with E-state index in [0.717, 1.165) is 30.4 Å². The maximum absolute atomic E-state index is 12.5. The molecule has 10 heteroatoms. The lowest BCUT2D eigenvalue weighted by atomic mass is 9.85. The number of benzene rings is 1. The number of halogens is 1. The highest BCUT2D eigenvalue weighted by Crippen LogP contribution is 2.48. The zero-order chi connectivity index (χ0) is 25.9. The quantitative estimate of drug-likeness (QED) is 0.401. The second-order valence-electron chi connectivity index (χ2n) is 9.96. The van der Waals surface area contributed by atoms with Gasteiger partial charge in [0.15, 0.2) is 0 Å². The van der Waals surface area contributed by atoms with E-state index in [1.807, 2.05) is 25.1 Å². The molecule has 0 spiro atoms. The molecule has 36 heavy (non-hydrogen) atoms. The zero-order valence-corrected chi connectivity index (χ0v) is 22.4. The SMILES string of the molecule is Cc1nc(-c2ccc(Cl)cc2COC(=O)N(C)CC2CCC2)ccc1OC1CCCC(P(=O)(O)O)C1. The van der Waals surface area contributed by atoms with Crippen LogP contribution in [0, 0.1) is 12.8 Å². The maximum Gasteiger partial charge on any atom is 0.409 e. The number of rotatable bonds is 8. The predicted octanol–water partition coefficient (Wildman–Crippen LogP) is 5.95. The van der Waals surface area contributed by atoms with Crippen molar-refractivity contribution in [1.29, 1.82) is 0 Å². The van der Waals surface area contributed by atoms with Crippen LogP contribution in [-0.2, 0) is 15.9 Å². The molecule has 0 bridgehead atoms. The summed E-state index contributed by atoms with van der Waals surface area (Å²) in [4.78, 5) is 37.9. The second-order valence-corrected chi connectivity index (χ2v) is 12.3. The Morgan fingerprint density at radius 3 is 2.58 bits per heavy atom. The first-order valence-corrected chi connectivity index (χ1v) is 14.5. The molecule has 0 radical (unpaired) electrons. The van der Waals surface area contributed by atoms with E-state index in [0.29, 0.717) is 53.9 Å². The molecule has 1 aromatic carbocycles. The van der Waals surface area contributed by atoms with Crippen LogP contribution in [0.1, 0.15) is 56.2 Å². The largest absolute Gasteiger partial charge is 0.489 e. The Morgan fingerprint density at radius 2 is 1.92 bits per heavy atom. The average molecular weight is 537 g/mol. The van der Waals surface area contributed by atoms with Crippen LogP contribution in [0.5, 0.6) is 5.75 Å². The second kappa shape index (κ2) is 11.5. The van der Waals surface area contributed by atoms with Crippen molar-refractivity contribution < 1.29 is 28.6 Å². The van der Waals surface area contributed by atoms with Crippen LogP contribution in [0.3, 0.4) is 0 Å². The smallest absolute Gasteiger partial charge is 0.409 e. The van der Waals surface area contributed by atoms with E-state index in [9.17, 15) is 19.1 Å². The lowest BCUT2D eigenvalue weighted by molar-refractivity contribution is 0.0932. The summed E-state index contributed by atoms with van der Waals surface area (Å²) >= 11 is 6.24. The molecule has 2 fully saturated rings. The minimum Gasteiger partial charge on any atom is -0.489 e. The number of amides is 1. The van der Waals surface area contributed by atoms with Crippen LogP contribution in [0.25, 0.3) is 11.3 Å². The Kier molecular flexibility index (Phi) is 8.61. The van der Waals surface area contributed by atoms with Crippen LogP contribution >= 0.6 is 19.2 Å². The Morgan fingerprint density at radius 1 is 1.17 bits per heavy atom. The van der Waals surface area contributed by atoms with Crippen molar-refractivity contribution in [2.45, 2.75) is 70.2 Å². The number of carbonyl (C=O) groups excluding carboxylic acids is 1. The first-order valence-electron chi connectivity index (χ1n) is 12.5. The lowest BCUT2D eigenvalue weighted by Crippen LogP contribution is -2.34. The molecule has 1 heterocycles. The molecule has 2 aliphatic rings. The summed E-state index contributed by atoms with van der Waals surface area (Å²) in [6, 6.07) is 9.08. The first-order chi connectivity index (χ1) is 17.1. The van der Waals surface area contributed by atoms with Crippen LogP contribution in [0.15, 0.2) is 30.3 Å². The topological polar surface area (TPSA) is 109 Å². The highest BCUT2D eigenvalue weighted by molar-refractivity contribution is 7.52. The molecule has 2 unspecified atom stereocenters. The van der Waals surface area contributed by atoms with E-state index >= 15 is 0 Å². The van der Waals surface area contributed by atoms with E-state index in [-0.39, 0.29) is 18.8 Å². The summed E-state index contributed by atoms with van der Waals surface area (Å²) in [5.74, 6) is 1.16. The molecule has 1 aromatic heterocycles. The Bertz CT molecular complexity index is 1140. The Labute approximate surface area is 217 Å². The normalized spacial score (nSPS) is 20.5. The number of carbonyl (C=O) groups is 1. The van der Waals surface area contributed by atoms with Crippen LogP contribution in [0.2, 0.25) is 5.02 Å². The predicted molar refractivity (Wildman–Crippen MR) is 138 cm³/mol. The molecular formula is C26H34ClN2O6P. The van der Waals surface area contributed by atoms with Crippen molar-refractivity contribution in [3.63, 3.8) is 0 Å².